The van der Waals surface area contributed by atoms with Gasteiger partial charge in [0.1, 0.15) is 0 Å². The van der Waals surface area contributed by atoms with E-state index in [1.165, 1.54) is 6.42 Å². The van der Waals surface area contributed by atoms with E-state index in [1.54, 1.807) is 0 Å². The van der Waals surface area contributed by atoms with E-state index in [-0.39, 0.29) is 5.91 Å². The summed E-state index contributed by atoms with van der Waals surface area (Å²) in [4.78, 5) is 13.5. The number of hydrogen-bond donors (Lipinski definition) is 0. The van der Waals surface area contributed by atoms with Crippen LogP contribution in [0.5, 0.6) is 0 Å². The number of nitrogens with zero attached hydrogens (tertiary/aromatic N) is 1. The fourth-order valence-electron chi connectivity index (χ4n) is 2.11. The van der Waals surface area contributed by atoms with Crippen molar-refractivity contribution >= 4 is 17.5 Å². The number of alkyl halides is 1. The third kappa shape index (κ3) is 3.18. The molecule has 0 aliphatic carbocycles. The van der Waals surface area contributed by atoms with E-state index in [0.29, 0.717) is 24.1 Å². The van der Waals surface area contributed by atoms with Gasteiger partial charge in [-0.25, -0.2) is 0 Å². The SMILES string of the molecule is C[C@@H]1C[C@H](C)CN(C(=O)CCCl)C1. The van der Waals surface area contributed by atoms with Crippen molar-refractivity contribution in [1.29, 1.82) is 0 Å². The Morgan fingerprint density at radius 1 is 1.38 bits per heavy atom. The first-order chi connectivity index (χ1) is 6.13. The molecular formula is C10H18ClNO. The van der Waals surface area contributed by atoms with Crippen molar-refractivity contribution in [3.05, 3.63) is 0 Å². The van der Waals surface area contributed by atoms with E-state index in [2.05, 4.69) is 13.8 Å². The maximum Gasteiger partial charge on any atom is 0.223 e. The van der Waals surface area contributed by atoms with Gasteiger partial charge in [-0.3, -0.25) is 4.79 Å². The summed E-state index contributed by atoms with van der Waals surface area (Å²) in [6, 6.07) is 0. The van der Waals surface area contributed by atoms with Crippen LogP contribution in [0.3, 0.4) is 0 Å². The Hall–Kier alpha value is -0.240. The molecule has 3 heteroatoms. The number of likely N-dealkylation sites (tertiary alicyclic amines) is 1. The number of amides is 1. The fourth-order valence-corrected chi connectivity index (χ4v) is 2.27. The van der Waals surface area contributed by atoms with Gasteiger partial charge >= 0.3 is 0 Å². The van der Waals surface area contributed by atoms with Gasteiger partial charge in [-0.05, 0) is 18.3 Å². The molecule has 0 radical (unpaired) electrons. The highest BCUT2D eigenvalue weighted by molar-refractivity contribution is 6.18. The number of halogens is 1. The van der Waals surface area contributed by atoms with Gasteiger partial charge in [-0.1, -0.05) is 13.8 Å². The Morgan fingerprint density at radius 2 is 1.92 bits per heavy atom. The highest BCUT2D eigenvalue weighted by atomic mass is 35.5. The molecule has 0 N–H and O–H groups in total. The first kappa shape index (κ1) is 10.8. The maximum absolute atomic E-state index is 11.5. The molecule has 0 aromatic rings. The molecule has 1 aliphatic rings. The van der Waals surface area contributed by atoms with Crippen molar-refractivity contribution in [2.45, 2.75) is 26.7 Å². The molecule has 0 unspecified atom stereocenters. The van der Waals surface area contributed by atoms with Crippen molar-refractivity contribution in [2.24, 2.45) is 11.8 Å². The molecular weight excluding hydrogens is 186 g/mol. The molecule has 0 aromatic carbocycles. The lowest BCUT2D eigenvalue weighted by molar-refractivity contribution is -0.133. The van der Waals surface area contributed by atoms with Crippen LogP contribution in [-0.4, -0.2) is 29.8 Å². The third-order valence-corrected chi connectivity index (χ3v) is 2.72. The molecule has 1 heterocycles. The van der Waals surface area contributed by atoms with Gasteiger partial charge in [-0.2, -0.15) is 0 Å². The first-order valence-corrected chi connectivity index (χ1v) is 5.50. The van der Waals surface area contributed by atoms with E-state index in [9.17, 15) is 4.79 Å². The molecule has 0 saturated carbocycles. The van der Waals surface area contributed by atoms with Gasteiger partial charge in [0.05, 0.1) is 0 Å². The second kappa shape index (κ2) is 4.85. The Morgan fingerprint density at radius 3 is 2.38 bits per heavy atom. The standard InChI is InChI=1S/C10H18ClNO/c1-8-5-9(2)7-12(6-8)10(13)3-4-11/h8-9H,3-7H2,1-2H3/t8-,9+. The van der Waals surface area contributed by atoms with Crippen LogP contribution in [0.1, 0.15) is 26.7 Å². The Balaban J connectivity index is 2.45. The van der Waals surface area contributed by atoms with E-state index >= 15 is 0 Å². The molecule has 0 spiro atoms. The van der Waals surface area contributed by atoms with E-state index < -0.39 is 0 Å². The van der Waals surface area contributed by atoms with Crippen molar-refractivity contribution in [3.8, 4) is 0 Å². The molecule has 13 heavy (non-hydrogen) atoms. The molecule has 76 valence electrons. The zero-order valence-electron chi connectivity index (χ0n) is 8.42. The van der Waals surface area contributed by atoms with Gasteiger partial charge in [-0.15, -0.1) is 11.6 Å². The second-order valence-electron chi connectivity index (χ2n) is 4.18. The van der Waals surface area contributed by atoms with Crippen LogP contribution in [0.25, 0.3) is 0 Å². The minimum atomic E-state index is 0.216. The van der Waals surface area contributed by atoms with Crippen LogP contribution >= 0.6 is 11.6 Å². The van der Waals surface area contributed by atoms with Crippen LogP contribution in [0.4, 0.5) is 0 Å². The topological polar surface area (TPSA) is 20.3 Å². The Labute approximate surface area is 85.2 Å². The van der Waals surface area contributed by atoms with Crippen LogP contribution in [0.15, 0.2) is 0 Å². The van der Waals surface area contributed by atoms with Crippen LogP contribution < -0.4 is 0 Å². The summed E-state index contributed by atoms with van der Waals surface area (Å²) >= 11 is 5.54. The van der Waals surface area contributed by atoms with E-state index in [0.717, 1.165) is 13.1 Å². The van der Waals surface area contributed by atoms with Crippen molar-refractivity contribution in [2.75, 3.05) is 19.0 Å². The van der Waals surface area contributed by atoms with E-state index in [4.69, 9.17) is 11.6 Å². The minimum absolute atomic E-state index is 0.216. The van der Waals surface area contributed by atoms with Gasteiger partial charge in [0.15, 0.2) is 0 Å². The zero-order chi connectivity index (χ0) is 9.84. The highest BCUT2D eigenvalue weighted by Gasteiger charge is 2.24. The molecule has 2 atom stereocenters. The number of carbonyl (C=O) groups is 1. The predicted octanol–water partition coefficient (Wildman–Crippen LogP) is 2.12. The summed E-state index contributed by atoms with van der Waals surface area (Å²) in [7, 11) is 0. The number of carbonyl (C=O) groups excluding carboxylic acids is 1. The number of hydrogen-bond acceptors (Lipinski definition) is 1. The summed E-state index contributed by atoms with van der Waals surface area (Å²) in [5, 5.41) is 0. The molecule has 1 fully saturated rings. The predicted molar refractivity (Wildman–Crippen MR) is 54.9 cm³/mol. The molecule has 0 bridgehead atoms. The highest BCUT2D eigenvalue weighted by Crippen LogP contribution is 2.21. The zero-order valence-corrected chi connectivity index (χ0v) is 9.18. The second-order valence-corrected chi connectivity index (χ2v) is 4.56. The number of piperidine rings is 1. The molecule has 1 saturated heterocycles. The molecule has 2 nitrogen and oxygen atoms in total. The van der Waals surface area contributed by atoms with Gasteiger partial charge in [0.2, 0.25) is 5.91 Å². The van der Waals surface area contributed by atoms with E-state index in [1.807, 2.05) is 4.90 Å². The lowest BCUT2D eigenvalue weighted by Gasteiger charge is -2.34. The smallest absolute Gasteiger partial charge is 0.223 e. The summed E-state index contributed by atoms with van der Waals surface area (Å²) in [5.74, 6) is 1.94. The Kier molecular flexibility index (Phi) is 4.04. The summed E-state index contributed by atoms with van der Waals surface area (Å²) in [6.07, 6.45) is 1.73. The van der Waals surface area contributed by atoms with Gasteiger partial charge in [0.25, 0.3) is 0 Å². The van der Waals surface area contributed by atoms with Crippen LogP contribution in [-0.2, 0) is 4.79 Å². The average molecular weight is 204 g/mol. The van der Waals surface area contributed by atoms with Crippen molar-refractivity contribution in [1.82, 2.24) is 4.90 Å². The third-order valence-electron chi connectivity index (χ3n) is 2.53. The maximum atomic E-state index is 11.5. The van der Waals surface area contributed by atoms with Gasteiger partial charge < -0.3 is 4.90 Å². The van der Waals surface area contributed by atoms with Crippen LogP contribution in [0.2, 0.25) is 0 Å². The number of rotatable bonds is 2. The van der Waals surface area contributed by atoms with Crippen molar-refractivity contribution < 1.29 is 4.79 Å². The molecule has 1 rings (SSSR count). The van der Waals surface area contributed by atoms with Crippen molar-refractivity contribution in [3.63, 3.8) is 0 Å². The molecule has 1 aliphatic heterocycles. The monoisotopic (exact) mass is 203 g/mol. The average Bonchev–Trinajstić information content (AvgIpc) is 2.03. The Bertz CT molecular complexity index is 174. The lowest BCUT2D eigenvalue weighted by atomic mass is 9.92. The summed E-state index contributed by atoms with van der Waals surface area (Å²) in [6.45, 7) is 6.24. The normalized spacial score (nSPS) is 29.0. The summed E-state index contributed by atoms with van der Waals surface area (Å²) < 4.78 is 0. The summed E-state index contributed by atoms with van der Waals surface area (Å²) in [5.41, 5.74) is 0. The van der Waals surface area contributed by atoms with Crippen LogP contribution in [0, 0.1) is 11.8 Å². The molecule has 0 aromatic heterocycles. The lowest BCUT2D eigenvalue weighted by Crippen LogP contribution is -2.42. The first-order valence-electron chi connectivity index (χ1n) is 4.97. The quantitative estimate of drug-likeness (QED) is 0.630. The minimum Gasteiger partial charge on any atom is -0.342 e. The van der Waals surface area contributed by atoms with Gasteiger partial charge in [0, 0.05) is 25.4 Å². The largest absolute Gasteiger partial charge is 0.342 e. The molecule has 1 amide bonds. The fraction of sp³-hybridized carbons (Fsp3) is 0.900.